The largest absolute Gasteiger partial charge is 0.379 e. The molecule has 2 heterocycles. The number of morpholine rings is 1. The Morgan fingerprint density at radius 1 is 1.26 bits per heavy atom. The third kappa shape index (κ3) is 6.13. The Hall–Kier alpha value is -1.24. The fraction of sp³-hybridized carbons (Fsp3) is 0.667. The highest BCUT2D eigenvalue weighted by Crippen LogP contribution is 2.37. The SMILES string of the molecule is CCNC(=NCC1(C)CCCS1)NCC(c1ccccc1)N1CCOCC1. The molecule has 0 aromatic heterocycles. The van der Waals surface area contributed by atoms with Crippen molar-refractivity contribution in [3.05, 3.63) is 35.9 Å². The summed E-state index contributed by atoms with van der Waals surface area (Å²) in [6.07, 6.45) is 2.58. The molecule has 5 nitrogen and oxygen atoms in total. The number of nitrogens with one attached hydrogen (secondary N) is 2. The van der Waals surface area contributed by atoms with Gasteiger partial charge in [0.1, 0.15) is 0 Å². The van der Waals surface area contributed by atoms with E-state index in [1.807, 2.05) is 0 Å². The van der Waals surface area contributed by atoms with Gasteiger partial charge in [-0.05, 0) is 38.0 Å². The molecule has 0 aliphatic carbocycles. The van der Waals surface area contributed by atoms with Gasteiger partial charge in [0.25, 0.3) is 0 Å². The van der Waals surface area contributed by atoms with Crippen LogP contribution in [0.2, 0.25) is 0 Å². The maximum absolute atomic E-state index is 5.56. The monoisotopic (exact) mass is 390 g/mol. The third-order valence-corrected chi connectivity index (χ3v) is 6.87. The standard InChI is InChI=1S/C21H34N4OS/c1-3-22-20(24-17-21(2)10-7-15-27-21)23-16-19(18-8-5-4-6-9-18)25-11-13-26-14-12-25/h4-6,8-9,19H,3,7,10-17H2,1-2H3,(H2,22,23,24). The van der Waals surface area contributed by atoms with Gasteiger partial charge < -0.3 is 15.4 Å². The summed E-state index contributed by atoms with van der Waals surface area (Å²) < 4.78 is 5.85. The van der Waals surface area contributed by atoms with Crippen molar-refractivity contribution in [3.8, 4) is 0 Å². The van der Waals surface area contributed by atoms with E-state index in [0.717, 1.165) is 51.9 Å². The Morgan fingerprint density at radius 3 is 2.70 bits per heavy atom. The maximum atomic E-state index is 5.56. The molecule has 0 amide bonds. The molecule has 27 heavy (non-hydrogen) atoms. The number of rotatable bonds is 7. The summed E-state index contributed by atoms with van der Waals surface area (Å²) in [5.74, 6) is 2.20. The molecule has 3 rings (SSSR count). The van der Waals surface area contributed by atoms with Gasteiger partial charge in [0.2, 0.25) is 0 Å². The molecule has 0 bridgehead atoms. The van der Waals surface area contributed by atoms with Gasteiger partial charge in [-0.25, -0.2) is 0 Å². The van der Waals surface area contributed by atoms with Crippen molar-refractivity contribution in [2.75, 3.05) is 51.7 Å². The molecule has 2 N–H and O–H groups in total. The Balaban J connectivity index is 1.65. The summed E-state index contributed by atoms with van der Waals surface area (Å²) in [4.78, 5) is 7.43. The van der Waals surface area contributed by atoms with Crippen LogP contribution in [0.15, 0.2) is 35.3 Å². The maximum Gasteiger partial charge on any atom is 0.191 e. The molecular formula is C21H34N4OS. The minimum absolute atomic E-state index is 0.297. The van der Waals surface area contributed by atoms with Crippen LogP contribution >= 0.6 is 11.8 Å². The van der Waals surface area contributed by atoms with Crippen LogP contribution < -0.4 is 10.6 Å². The smallest absolute Gasteiger partial charge is 0.191 e. The zero-order chi connectivity index (χ0) is 19.0. The molecule has 2 saturated heterocycles. The lowest BCUT2D eigenvalue weighted by atomic mass is 10.0. The van der Waals surface area contributed by atoms with Gasteiger partial charge in [-0.2, -0.15) is 11.8 Å². The van der Waals surface area contributed by atoms with Gasteiger partial charge in [-0.1, -0.05) is 30.3 Å². The average Bonchev–Trinajstić information content (AvgIpc) is 3.15. The normalized spacial score (nSPS) is 25.3. The number of ether oxygens (including phenoxy) is 1. The fourth-order valence-electron chi connectivity index (χ4n) is 3.77. The van der Waals surface area contributed by atoms with E-state index in [2.05, 4.69) is 71.5 Å². The highest BCUT2D eigenvalue weighted by atomic mass is 32.2. The van der Waals surface area contributed by atoms with Gasteiger partial charge in [-0.15, -0.1) is 0 Å². The molecule has 2 unspecified atom stereocenters. The molecule has 2 atom stereocenters. The van der Waals surface area contributed by atoms with Crippen molar-refractivity contribution < 1.29 is 4.74 Å². The Kier molecular flexibility index (Phi) is 7.85. The fourth-order valence-corrected chi connectivity index (χ4v) is 4.99. The Labute approximate surface area is 168 Å². The molecule has 2 aliphatic rings. The van der Waals surface area contributed by atoms with Gasteiger partial charge in [0, 0.05) is 30.9 Å². The van der Waals surface area contributed by atoms with E-state index < -0.39 is 0 Å². The lowest BCUT2D eigenvalue weighted by molar-refractivity contribution is 0.0170. The van der Waals surface area contributed by atoms with Crippen LogP contribution in [-0.4, -0.2) is 67.3 Å². The van der Waals surface area contributed by atoms with E-state index in [0.29, 0.717) is 10.8 Å². The highest BCUT2D eigenvalue weighted by molar-refractivity contribution is 8.00. The molecular weight excluding hydrogens is 356 g/mol. The summed E-state index contributed by atoms with van der Waals surface area (Å²) in [6, 6.07) is 11.1. The molecule has 1 aromatic rings. The quantitative estimate of drug-likeness (QED) is 0.554. The van der Waals surface area contributed by atoms with Crippen LogP contribution in [-0.2, 0) is 4.74 Å². The van der Waals surface area contributed by atoms with Crippen molar-refractivity contribution in [3.63, 3.8) is 0 Å². The van der Waals surface area contributed by atoms with E-state index in [9.17, 15) is 0 Å². The van der Waals surface area contributed by atoms with Crippen molar-refractivity contribution in [2.45, 2.75) is 37.5 Å². The molecule has 150 valence electrons. The van der Waals surface area contributed by atoms with Crippen LogP contribution in [0.5, 0.6) is 0 Å². The Morgan fingerprint density at radius 2 is 2.04 bits per heavy atom. The van der Waals surface area contributed by atoms with E-state index in [-0.39, 0.29) is 0 Å². The van der Waals surface area contributed by atoms with E-state index in [4.69, 9.17) is 9.73 Å². The molecule has 2 aliphatic heterocycles. The molecule has 0 saturated carbocycles. The minimum Gasteiger partial charge on any atom is -0.379 e. The molecule has 1 aromatic carbocycles. The first-order chi connectivity index (χ1) is 13.2. The first-order valence-electron chi connectivity index (χ1n) is 10.2. The first kappa shape index (κ1) is 20.5. The van der Waals surface area contributed by atoms with Gasteiger partial charge >= 0.3 is 0 Å². The zero-order valence-electron chi connectivity index (χ0n) is 16.7. The number of guanidine groups is 1. The van der Waals surface area contributed by atoms with Crippen LogP contribution in [0.25, 0.3) is 0 Å². The minimum atomic E-state index is 0.297. The number of nitrogens with zero attached hydrogens (tertiary/aromatic N) is 2. The lowest BCUT2D eigenvalue weighted by Gasteiger charge is -2.35. The summed E-state index contributed by atoms with van der Waals surface area (Å²) >= 11 is 2.06. The second-order valence-corrected chi connectivity index (χ2v) is 9.24. The average molecular weight is 391 g/mol. The van der Waals surface area contributed by atoms with Crippen molar-refractivity contribution >= 4 is 17.7 Å². The highest BCUT2D eigenvalue weighted by Gasteiger charge is 2.29. The number of aliphatic imine (C=N–C) groups is 1. The first-order valence-corrected chi connectivity index (χ1v) is 11.2. The second-order valence-electron chi connectivity index (χ2n) is 7.55. The van der Waals surface area contributed by atoms with Gasteiger partial charge in [0.05, 0.1) is 25.8 Å². The third-order valence-electron chi connectivity index (χ3n) is 5.35. The van der Waals surface area contributed by atoms with E-state index >= 15 is 0 Å². The summed E-state index contributed by atoms with van der Waals surface area (Å²) in [6.45, 7) is 10.6. The number of hydrogen-bond donors (Lipinski definition) is 2. The lowest BCUT2D eigenvalue weighted by Crippen LogP contribution is -2.46. The molecule has 0 spiro atoms. The van der Waals surface area contributed by atoms with Crippen molar-refractivity contribution in [1.29, 1.82) is 0 Å². The van der Waals surface area contributed by atoms with E-state index in [1.165, 1.54) is 24.2 Å². The van der Waals surface area contributed by atoms with Crippen LogP contribution in [0.1, 0.15) is 38.3 Å². The summed E-state index contributed by atoms with van der Waals surface area (Å²) in [7, 11) is 0. The van der Waals surface area contributed by atoms with Crippen LogP contribution in [0.4, 0.5) is 0 Å². The van der Waals surface area contributed by atoms with Gasteiger partial charge in [0.15, 0.2) is 5.96 Å². The number of benzene rings is 1. The summed E-state index contributed by atoms with van der Waals surface area (Å²) in [5, 5.41) is 7.02. The Bertz CT molecular complexity index is 583. The second kappa shape index (κ2) is 10.3. The molecule has 6 heteroatoms. The molecule has 0 radical (unpaired) electrons. The van der Waals surface area contributed by atoms with Crippen LogP contribution in [0, 0.1) is 0 Å². The predicted molar refractivity (Wildman–Crippen MR) is 116 cm³/mol. The van der Waals surface area contributed by atoms with Gasteiger partial charge in [-0.3, -0.25) is 9.89 Å². The number of thioether (sulfide) groups is 1. The predicted octanol–water partition coefficient (Wildman–Crippen LogP) is 2.90. The van der Waals surface area contributed by atoms with E-state index in [1.54, 1.807) is 0 Å². The van der Waals surface area contributed by atoms with Crippen molar-refractivity contribution in [1.82, 2.24) is 15.5 Å². The molecule has 2 fully saturated rings. The summed E-state index contributed by atoms with van der Waals surface area (Å²) in [5.41, 5.74) is 1.35. The zero-order valence-corrected chi connectivity index (χ0v) is 17.6. The van der Waals surface area contributed by atoms with Crippen molar-refractivity contribution in [2.24, 2.45) is 4.99 Å². The van der Waals surface area contributed by atoms with Crippen LogP contribution in [0.3, 0.4) is 0 Å². The number of hydrogen-bond acceptors (Lipinski definition) is 4. The topological polar surface area (TPSA) is 48.9 Å².